The molecule has 0 aliphatic carbocycles. The molecule has 3 aromatic rings. The quantitative estimate of drug-likeness (QED) is 0.176. The highest BCUT2D eigenvalue weighted by Gasteiger charge is 2.31. The first kappa shape index (κ1) is 30.1. The Bertz CT molecular complexity index is 1270. The number of carboxylic acid groups (broad SMARTS) is 1. The van der Waals surface area contributed by atoms with Crippen LogP contribution in [0.15, 0.2) is 59.6 Å². The summed E-state index contributed by atoms with van der Waals surface area (Å²) in [5.74, 6) is 0.884. The minimum Gasteiger partial charge on any atom is -0.497 e. The second-order valence-corrected chi connectivity index (χ2v) is 11.4. The van der Waals surface area contributed by atoms with E-state index in [1.54, 1.807) is 31.5 Å². The summed E-state index contributed by atoms with van der Waals surface area (Å²) in [7, 11) is 1.57. The highest BCUT2D eigenvalue weighted by molar-refractivity contribution is 7.99. The normalized spacial score (nSPS) is 19.0. The number of methoxy groups -OCH3 is 1. The van der Waals surface area contributed by atoms with Crippen LogP contribution in [-0.4, -0.2) is 53.5 Å². The van der Waals surface area contributed by atoms with Crippen molar-refractivity contribution in [1.82, 2.24) is 9.88 Å². The summed E-state index contributed by atoms with van der Waals surface area (Å²) in [4.78, 5) is 18.7. The Morgan fingerprint density at radius 1 is 1.15 bits per heavy atom. The highest BCUT2D eigenvalue weighted by Crippen LogP contribution is 2.37. The zero-order valence-electron chi connectivity index (χ0n) is 22.4. The van der Waals surface area contributed by atoms with Crippen molar-refractivity contribution in [3.05, 3.63) is 65.9 Å². The van der Waals surface area contributed by atoms with Crippen LogP contribution in [-0.2, 0) is 11.0 Å². The van der Waals surface area contributed by atoms with Crippen molar-refractivity contribution in [3.8, 4) is 5.75 Å². The van der Waals surface area contributed by atoms with Crippen LogP contribution in [0, 0.1) is 11.8 Å². The molecule has 5 nitrogen and oxygen atoms in total. The number of aromatic nitrogens is 1. The van der Waals surface area contributed by atoms with E-state index in [4.69, 9.17) is 4.74 Å². The third-order valence-electron chi connectivity index (χ3n) is 7.67. The van der Waals surface area contributed by atoms with Gasteiger partial charge in [-0.05, 0) is 98.2 Å². The highest BCUT2D eigenvalue weighted by atomic mass is 32.2. The summed E-state index contributed by atoms with van der Waals surface area (Å²) in [6, 6.07) is 12.3. The number of piperidine rings is 1. The predicted octanol–water partition coefficient (Wildman–Crippen LogP) is 7.65. The zero-order chi connectivity index (χ0) is 28.7. The van der Waals surface area contributed by atoms with Crippen LogP contribution in [0.2, 0.25) is 0 Å². The van der Waals surface area contributed by atoms with Gasteiger partial charge in [-0.1, -0.05) is 0 Å². The lowest BCUT2D eigenvalue weighted by molar-refractivity contribution is -0.138. The summed E-state index contributed by atoms with van der Waals surface area (Å²) >= 11 is 1.50. The van der Waals surface area contributed by atoms with Crippen LogP contribution in [0.3, 0.4) is 0 Å². The van der Waals surface area contributed by atoms with Crippen LogP contribution >= 0.6 is 11.8 Å². The number of carbonyl (C=O) groups is 1. The van der Waals surface area contributed by atoms with Gasteiger partial charge in [-0.25, -0.2) is 4.39 Å². The Hall–Kier alpha value is -2.85. The predicted molar refractivity (Wildman–Crippen MR) is 148 cm³/mol. The van der Waals surface area contributed by atoms with Crippen LogP contribution in [0.1, 0.15) is 49.4 Å². The van der Waals surface area contributed by atoms with Gasteiger partial charge in [0.25, 0.3) is 0 Å². The molecule has 0 bridgehead atoms. The molecule has 4 rings (SSSR count). The minimum atomic E-state index is -4.35. The van der Waals surface area contributed by atoms with E-state index in [1.165, 1.54) is 23.9 Å². The number of alkyl halides is 4. The fraction of sp³-hybridized carbons (Fsp3) is 0.467. The number of hydrogen-bond acceptors (Lipinski definition) is 5. The van der Waals surface area contributed by atoms with Gasteiger partial charge in [0.2, 0.25) is 0 Å². The molecule has 1 N–H and O–H groups in total. The van der Waals surface area contributed by atoms with Crippen molar-refractivity contribution in [1.29, 1.82) is 0 Å². The molecule has 3 atom stereocenters. The van der Waals surface area contributed by atoms with Crippen molar-refractivity contribution >= 4 is 28.6 Å². The molecule has 2 unspecified atom stereocenters. The number of hydrogen-bond donors (Lipinski definition) is 1. The zero-order valence-corrected chi connectivity index (χ0v) is 23.2. The number of halogens is 4. The van der Waals surface area contributed by atoms with E-state index in [2.05, 4.69) is 9.88 Å². The average molecular weight is 579 g/mol. The number of carboxylic acids is 1. The van der Waals surface area contributed by atoms with Crippen molar-refractivity contribution < 1.29 is 32.2 Å². The van der Waals surface area contributed by atoms with E-state index in [9.17, 15) is 23.1 Å². The smallest absolute Gasteiger partial charge is 0.416 e. The van der Waals surface area contributed by atoms with Gasteiger partial charge in [0.1, 0.15) is 11.9 Å². The van der Waals surface area contributed by atoms with Crippen molar-refractivity contribution in [2.45, 2.75) is 49.3 Å². The van der Waals surface area contributed by atoms with Crippen LogP contribution < -0.4 is 4.74 Å². The Morgan fingerprint density at radius 3 is 2.62 bits per heavy atom. The van der Waals surface area contributed by atoms with Crippen molar-refractivity contribution in [3.63, 3.8) is 0 Å². The first-order valence-corrected chi connectivity index (χ1v) is 14.4. The summed E-state index contributed by atoms with van der Waals surface area (Å²) < 4.78 is 59.2. The van der Waals surface area contributed by atoms with Crippen molar-refractivity contribution in [2.75, 3.05) is 32.5 Å². The van der Waals surface area contributed by atoms with Gasteiger partial charge in [-0.3, -0.25) is 9.78 Å². The third-order valence-corrected chi connectivity index (χ3v) is 8.67. The molecule has 2 heterocycles. The standard InChI is InChI=1S/C30H34F4N2O3S/c1-39-23-6-10-28-26(18-23)25(12-14-35-28)27(31)9-2-20-13-15-36(19-21(20)3-11-29(37)38)16-17-40-24-7-4-22(5-8-24)30(32,33)34/h4-8,10,12,14,18,20-21,27H,2-3,9,11,13,15-17,19H2,1H3,(H,37,38)/t20?,21?,27-/m0/s1. The third kappa shape index (κ3) is 8.10. The largest absolute Gasteiger partial charge is 0.497 e. The van der Waals surface area contributed by atoms with Crippen LogP contribution in [0.25, 0.3) is 10.9 Å². The van der Waals surface area contributed by atoms with Gasteiger partial charge in [0, 0.05) is 41.7 Å². The number of benzene rings is 2. The van der Waals surface area contributed by atoms with Crippen LogP contribution in [0.5, 0.6) is 5.75 Å². The van der Waals surface area contributed by atoms with Gasteiger partial charge < -0.3 is 14.7 Å². The van der Waals surface area contributed by atoms with E-state index in [1.807, 2.05) is 6.07 Å². The number of aliphatic carboxylic acids is 1. The summed E-state index contributed by atoms with van der Waals surface area (Å²) in [6.45, 7) is 2.31. The number of rotatable bonds is 12. The van der Waals surface area contributed by atoms with Gasteiger partial charge in [0.05, 0.1) is 18.2 Å². The lowest BCUT2D eigenvalue weighted by atomic mass is 9.79. The maximum absolute atomic E-state index is 15.6. The van der Waals surface area contributed by atoms with E-state index >= 15 is 4.39 Å². The Morgan fingerprint density at radius 2 is 1.93 bits per heavy atom. The maximum Gasteiger partial charge on any atom is 0.416 e. The molecular formula is C30H34F4N2O3S. The van der Waals surface area contributed by atoms with Gasteiger partial charge in [-0.2, -0.15) is 13.2 Å². The molecule has 1 saturated heterocycles. The molecule has 1 fully saturated rings. The number of pyridine rings is 1. The SMILES string of the molecule is COc1ccc2nccc([C@@H](F)CCC3CCN(CCSc4ccc(C(F)(F)F)cc4)CC3CCC(=O)O)c2c1. The summed E-state index contributed by atoms with van der Waals surface area (Å²) in [5, 5.41) is 10.0. The number of fused-ring (bicyclic) bond motifs is 1. The number of ether oxygens (including phenoxy) is 1. The Balaban J connectivity index is 1.33. The fourth-order valence-corrected chi connectivity index (χ4v) is 6.38. The Kier molecular flexibility index (Phi) is 10.3. The molecule has 40 heavy (non-hydrogen) atoms. The number of thioether (sulfide) groups is 1. The van der Waals surface area contributed by atoms with E-state index in [0.29, 0.717) is 41.8 Å². The number of likely N-dealkylation sites (tertiary alicyclic amines) is 1. The molecule has 1 aromatic heterocycles. The maximum atomic E-state index is 15.6. The second-order valence-electron chi connectivity index (χ2n) is 10.2. The molecule has 10 heteroatoms. The summed E-state index contributed by atoms with van der Waals surface area (Å²) in [6.07, 6.45) is -1.43. The second kappa shape index (κ2) is 13.7. The molecule has 1 aliphatic rings. The van der Waals surface area contributed by atoms with E-state index in [0.717, 1.165) is 48.5 Å². The Labute approximate surface area is 235 Å². The lowest BCUT2D eigenvalue weighted by Gasteiger charge is -2.39. The monoisotopic (exact) mass is 578 g/mol. The first-order valence-electron chi connectivity index (χ1n) is 13.4. The first-order chi connectivity index (χ1) is 19.1. The molecular weight excluding hydrogens is 544 g/mol. The molecule has 216 valence electrons. The minimum absolute atomic E-state index is 0.0726. The lowest BCUT2D eigenvalue weighted by Crippen LogP contribution is -2.41. The fourth-order valence-electron chi connectivity index (χ4n) is 5.47. The molecule has 0 amide bonds. The van der Waals surface area contributed by atoms with Crippen LogP contribution in [0.4, 0.5) is 17.6 Å². The average Bonchev–Trinajstić information content (AvgIpc) is 2.94. The molecule has 0 spiro atoms. The molecule has 1 aliphatic heterocycles. The van der Waals surface area contributed by atoms with Crippen molar-refractivity contribution in [2.24, 2.45) is 11.8 Å². The molecule has 2 aromatic carbocycles. The van der Waals surface area contributed by atoms with E-state index in [-0.39, 0.29) is 18.3 Å². The molecule has 0 radical (unpaired) electrons. The van der Waals surface area contributed by atoms with Gasteiger partial charge in [0.15, 0.2) is 0 Å². The van der Waals surface area contributed by atoms with E-state index < -0.39 is 23.9 Å². The van der Waals surface area contributed by atoms with Gasteiger partial charge >= 0.3 is 12.1 Å². The van der Waals surface area contributed by atoms with Gasteiger partial charge in [-0.15, -0.1) is 11.8 Å². The topological polar surface area (TPSA) is 62.7 Å². The summed E-state index contributed by atoms with van der Waals surface area (Å²) in [5.41, 5.74) is 0.638. The molecule has 0 saturated carbocycles. The number of nitrogens with zero attached hydrogens (tertiary/aromatic N) is 2.